The number of carbonyl (C=O) groups excluding carboxylic acids is 2. The minimum Gasteiger partial charge on any atom is -0.332 e. The molecule has 0 atom stereocenters. The van der Waals surface area contributed by atoms with Crippen molar-refractivity contribution in [2.24, 2.45) is 0 Å². The van der Waals surface area contributed by atoms with Gasteiger partial charge in [-0.25, -0.2) is 0 Å². The molecule has 0 saturated heterocycles. The summed E-state index contributed by atoms with van der Waals surface area (Å²) in [6.45, 7) is 1.37. The predicted octanol–water partition coefficient (Wildman–Crippen LogP) is 4.08. The fourth-order valence-electron chi connectivity index (χ4n) is 1.84. The van der Waals surface area contributed by atoms with E-state index in [4.69, 9.17) is 35.4 Å². The number of amides is 2. The van der Waals surface area contributed by atoms with Crippen LogP contribution in [0.15, 0.2) is 42.5 Å². The third-order valence-electron chi connectivity index (χ3n) is 2.89. The van der Waals surface area contributed by atoms with Gasteiger partial charge in [0.2, 0.25) is 5.91 Å². The molecule has 0 bridgehead atoms. The first kappa shape index (κ1) is 18.2. The van der Waals surface area contributed by atoms with E-state index in [0.717, 1.165) is 0 Å². The maximum Gasteiger partial charge on any atom is 0.257 e. The summed E-state index contributed by atoms with van der Waals surface area (Å²) in [5.41, 5.74) is 1.54. The van der Waals surface area contributed by atoms with E-state index in [0.29, 0.717) is 22.0 Å². The molecular weight excluding hydrogens is 369 g/mol. The first-order chi connectivity index (χ1) is 11.4. The molecule has 8 heteroatoms. The van der Waals surface area contributed by atoms with Gasteiger partial charge in [-0.3, -0.25) is 9.59 Å². The average Bonchev–Trinajstić information content (AvgIpc) is 2.51. The largest absolute Gasteiger partial charge is 0.332 e. The Morgan fingerprint density at radius 1 is 0.958 bits per heavy atom. The van der Waals surface area contributed by atoms with Crippen LogP contribution in [0.5, 0.6) is 0 Å². The van der Waals surface area contributed by atoms with Crippen molar-refractivity contribution in [2.45, 2.75) is 6.92 Å². The normalized spacial score (nSPS) is 9.96. The lowest BCUT2D eigenvalue weighted by Crippen LogP contribution is -2.32. The third-order valence-corrected chi connectivity index (χ3v) is 3.91. The molecule has 0 aromatic heterocycles. The number of carbonyl (C=O) groups is 2. The second-order valence-electron chi connectivity index (χ2n) is 4.77. The Kier molecular flexibility index (Phi) is 6.14. The number of benzene rings is 2. The number of anilines is 2. The average molecular weight is 382 g/mol. The molecule has 3 N–H and O–H groups in total. The van der Waals surface area contributed by atoms with Crippen LogP contribution in [0, 0.1) is 0 Å². The van der Waals surface area contributed by atoms with E-state index in [9.17, 15) is 9.59 Å². The number of rotatable bonds is 3. The molecule has 0 aliphatic carbocycles. The lowest BCUT2D eigenvalue weighted by atomic mass is 10.2. The Morgan fingerprint density at radius 2 is 1.54 bits per heavy atom. The van der Waals surface area contributed by atoms with Gasteiger partial charge in [0.25, 0.3) is 5.91 Å². The van der Waals surface area contributed by atoms with Crippen LogP contribution >= 0.6 is 35.4 Å². The molecule has 0 spiro atoms. The van der Waals surface area contributed by atoms with E-state index in [1.54, 1.807) is 42.5 Å². The van der Waals surface area contributed by atoms with Crippen molar-refractivity contribution in [3.05, 3.63) is 58.1 Å². The summed E-state index contributed by atoms with van der Waals surface area (Å²) in [5, 5.41) is 8.75. The van der Waals surface area contributed by atoms with Crippen LogP contribution < -0.4 is 16.0 Å². The Labute approximate surface area is 154 Å². The van der Waals surface area contributed by atoms with E-state index in [-0.39, 0.29) is 21.9 Å². The highest BCUT2D eigenvalue weighted by Crippen LogP contribution is 2.26. The first-order valence-corrected chi connectivity index (χ1v) is 7.97. The van der Waals surface area contributed by atoms with Crippen LogP contribution in [0.1, 0.15) is 17.3 Å². The Hall–Kier alpha value is -2.15. The predicted molar refractivity (Wildman–Crippen MR) is 101 cm³/mol. The van der Waals surface area contributed by atoms with Gasteiger partial charge >= 0.3 is 0 Å². The minimum atomic E-state index is -0.364. The molecule has 0 aliphatic rings. The van der Waals surface area contributed by atoms with Gasteiger partial charge in [0.05, 0.1) is 15.6 Å². The molecule has 2 aromatic carbocycles. The lowest BCUT2D eigenvalue weighted by molar-refractivity contribution is -0.117. The minimum absolute atomic E-state index is 0.199. The van der Waals surface area contributed by atoms with Crippen LogP contribution in [0.4, 0.5) is 11.4 Å². The molecule has 124 valence electrons. The maximum absolute atomic E-state index is 12.2. The molecule has 0 radical (unpaired) electrons. The van der Waals surface area contributed by atoms with Crippen molar-refractivity contribution >= 4 is 63.7 Å². The zero-order chi connectivity index (χ0) is 17.7. The first-order valence-electron chi connectivity index (χ1n) is 6.81. The Bertz CT molecular complexity index is 794. The summed E-state index contributed by atoms with van der Waals surface area (Å²) in [4.78, 5) is 23.1. The summed E-state index contributed by atoms with van der Waals surface area (Å²) < 4.78 is 0. The molecule has 2 rings (SSSR count). The van der Waals surface area contributed by atoms with E-state index in [1.165, 1.54) is 6.92 Å². The van der Waals surface area contributed by atoms with Gasteiger partial charge in [-0.2, -0.15) is 0 Å². The van der Waals surface area contributed by atoms with E-state index in [2.05, 4.69) is 16.0 Å². The van der Waals surface area contributed by atoms with Crippen LogP contribution in [-0.2, 0) is 4.79 Å². The van der Waals surface area contributed by atoms with Gasteiger partial charge in [-0.05, 0) is 48.6 Å². The topological polar surface area (TPSA) is 70.2 Å². The number of thiocarbonyl (C=S) groups is 1. The molecule has 0 heterocycles. The van der Waals surface area contributed by atoms with Crippen molar-refractivity contribution in [2.75, 3.05) is 10.6 Å². The van der Waals surface area contributed by atoms with Crippen molar-refractivity contribution in [1.82, 2.24) is 5.32 Å². The molecule has 0 saturated carbocycles. The summed E-state index contributed by atoms with van der Waals surface area (Å²) in [6, 6.07) is 11.7. The highest BCUT2D eigenvalue weighted by atomic mass is 35.5. The molecule has 2 amide bonds. The van der Waals surface area contributed by atoms with Gasteiger partial charge in [-0.1, -0.05) is 29.3 Å². The smallest absolute Gasteiger partial charge is 0.257 e. The van der Waals surface area contributed by atoms with Gasteiger partial charge in [0, 0.05) is 18.3 Å². The van der Waals surface area contributed by atoms with Gasteiger partial charge < -0.3 is 16.0 Å². The maximum atomic E-state index is 12.2. The molecular formula is C16H13Cl2N3O2S. The van der Waals surface area contributed by atoms with Crippen LogP contribution in [-0.4, -0.2) is 16.9 Å². The fourth-order valence-corrected chi connectivity index (χ4v) is 2.48. The standard InChI is InChI=1S/C16H13Cl2N3O2S/c1-9(22)19-16(24)21-11-7-5-10(6-8-11)20-15(23)12-3-2-4-13(17)14(12)18/h2-8H,1H3,(H,20,23)(H2,19,21,22,24). The summed E-state index contributed by atoms with van der Waals surface area (Å²) in [6.07, 6.45) is 0. The molecule has 0 fully saturated rings. The molecule has 0 unspecified atom stereocenters. The SMILES string of the molecule is CC(=O)NC(=S)Nc1ccc(NC(=O)c2cccc(Cl)c2Cl)cc1. The molecule has 24 heavy (non-hydrogen) atoms. The second-order valence-corrected chi connectivity index (χ2v) is 5.96. The van der Waals surface area contributed by atoms with E-state index < -0.39 is 0 Å². The van der Waals surface area contributed by atoms with Gasteiger partial charge in [-0.15, -0.1) is 0 Å². The van der Waals surface area contributed by atoms with Crippen molar-refractivity contribution in [1.29, 1.82) is 0 Å². The number of hydrogen-bond acceptors (Lipinski definition) is 3. The monoisotopic (exact) mass is 381 g/mol. The Balaban J connectivity index is 2.03. The zero-order valence-corrected chi connectivity index (χ0v) is 14.9. The highest BCUT2D eigenvalue weighted by molar-refractivity contribution is 7.80. The van der Waals surface area contributed by atoms with Crippen molar-refractivity contribution in [3.63, 3.8) is 0 Å². The van der Waals surface area contributed by atoms with Crippen LogP contribution in [0.2, 0.25) is 10.0 Å². The Morgan fingerprint density at radius 3 is 2.12 bits per heavy atom. The lowest BCUT2D eigenvalue weighted by Gasteiger charge is -2.10. The number of nitrogens with one attached hydrogen (secondary N) is 3. The van der Waals surface area contributed by atoms with Gasteiger partial charge in [0.15, 0.2) is 5.11 Å². The highest BCUT2D eigenvalue weighted by Gasteiger charge is 2.12. The van der Waals surface area contributed by atoms with E-state index >= 15 is 0 Å². The number of halogens is 2. The summed E-state index contributed by atoms with van der Waals surface area (Å²) in [5.74, 6) is -0.619. The van der Waals surface area contributed by atoms with Crippen molar-refractivity contribution < 1.29 is 9.59 Å². The van der Waals surface area contributed by atoms with Crippen molar-refractivity contribution in [3.8, 4) is 0 Å². The van der Waals surface area contributed by atoms with Crippen LogP contribution in [0.25, 0.3) is 0 Å². The zero-order valence-electron chi connectivity index (χ0n) is 12.5. The summed E-state index contributed by atoms with van der Waals surface area (Å²) >= 11 is 16.9. The molecule has 0 aliphatic heterocycles. The quantitative estimate of drug-likeness (QED) is 0.700. The van der Waals surface area contributed by atoms with E-state index in [1.807, 2.05) is 0 Å². The fraction of sp³-hybridized carbons (Fsp3) is 0.0625. The number of hydrogen-bond donors (Lipinski definition) is 3. The molecule has 2 aromatic rings. The summed E-state index contributed by atoms with van der Waals surface area (Å²) in [7, 11) is 0. The van der Waals surface area contributed by atoms with Gasteiger partial charge in [0.1, 0.15) is 0 Å². The van der Waals surface area contributed by atoms with Crippen LogP contribution in [0.3, 0.4) is 0 Å². The molecule has 5 nitrogen and oxygen atoms in total. The second kappa shape index (κ2) is 8.10. The third kappa shape index (κ3) is 4.92.